The molecule has 0 spiro atoms. The summed E-state index contributed by atoms with van der Waals surface area (Å²) in [6, 6.07) is 7.78. The fourth-order valence-electron chi connectivity index (χ4n) is 3.10. The van der Waals surface area contributed by atoms with Crippen LogP contribution < -0.4 is 10.6 Å². The lowest BCUT2D eigenvalue weighted by Crippen LogP contribution is -2.48. The Balaban J connectivity index is 1.84. The van der Waals surface area contributed by atoms with Gasteiger partial charge in [0, 0.05) is 11.7 Å². The first-order valence-electron chi connectivity index (χ1n) is 8.89. The molecule has 1 aromatic carbocycles. The summed E-state index contributed by atoms with van der Waals surface area (Å²) in [4.78, 5) is 26.4. The number of amides is 2. The molecule has 1 aliphatic carbocycles. The molecule has 0 bridgehead atoms. The summed E-state index contributed by atoms with van der Waals surface area (Å²) in [5.41, 5.74) is 1.96. The highest BCUT2D eigenvalue weighted by molar-refractivity contribution is 5.93. The van der Waals surface area contributed by atoms with Crippen LogP contribution in [0.25, 0.3) is 0 Å². The van der Waals surface area contributed by atoms with Crippen LogP contribution in [-0.4, -0.2) is 42.4 Å². The van der Waals surface area contributed by atoms with Crippen molar-refractivity contribution in [2.45, 2.75) is 58.0 Å². The van der Waals surface area contributed by atoms with Gasteiger partial charge in [0.1, 0.15) is 0 Å². The van der Waals surface area contributed by atoms with Gasteiger partial charge in [0.15, 0.2) is 0 Å². The molecule has 24 heavy (non-hydrogen) atoms. The van der Waals surface area contributed by atoms with Crippen molar-refractivity contribution in [1.82, 2.24) is 10.2 Å². The van der Waals surface area contributed by atoms with Gasteiger partial charge in [-0.2, -0.15) is 0 Å². The zero-order valence-corrected chi connectivity index (χ0v) is 15.0. The number of hydrogen-bond acceptors (Lipinski definition) is 3. The van der Waals surface area contributed by atoms with Crippen LogP contribution in [-0.2, 0) is 16.0 Å². The highest BCUT2D eigenvalue weighted by Gasteiger charge is 2.24. The average Bonchev–Trinajstić information content (AvgIpc) is 3.07. The Morgan fingerprint density at radius 3 is 2.58 bits per heavy atom. The largest absolute Gasteiger partial charge is 0.352 e. The second-order valence-electron chi connectivity index (χ2n) is 6.64. The molecule has 5 nitrogen and oxygen atoms in total. The number of benzene rings is 1. The van der Waals surface area contributed by atoms with Gasteiger partial charge in [0.05, 0.1) is 12.6 Å². The van der Waals surface area contributed by atoms with Crippen LogP contribution in [0.5, 0.6) is 0 Å². The van der Waals surface area contributed by atoms with E-state index in [9.17, 15) is 9.59 Å². The molecule has 0 aromatic heterocycles. The third-order valence-corrected chi connectivity index (χ3v) is 4.81. The molecule has 1 unspecified atom stereocenters. The Morgan fingerprint density at radius 2 is 1.92 bits per heavy atom. The molecule has 1 aliphatic rings. The molecule has 1 saturated carbocycles. The number of nitrogens with one attached hydrogen (secondary N) is 2. The first-order valence-corrected chi connectivity index (χ1v) is 8.89. The Kier molecular flexibility index (Phi) is 6.79. The summed E-state index contributed by atoms with van der Waals surface area (Å²) >= 11 is 0. The van der Waals surface area contributed by atoms with Crippen molar-refractivity contribution >= 4 is 17.5 Å². The van der Waals surface area contributed by atoms with E-state index in [2.05, 4.69) is 17.6 Å². The van der Waals surface area contributed by atoms with E-state index in [-0.39, 0.29) is 24.4 Å². The molecule has 0 radical (unpaired) electrons. The number of nitrogens with zero attached hydrogens (tertiary/aromatic N) is 1. The van der Waals surface area contributed by atoms with Crippen LogP contribution in [0.2, 0.25) is 0 Å². The summed E-state index contributed by atoms with van der Waals surface area (Å²) in [5.74, 6) is -0.0925. The van der Waals surface area contributed by atoms with Gasteiger partial charge in [0.2, 0.25) is 11.8 Å². The third-order valence-electron chi connectivity index (χ3n) is 4.81. The number of rotatable bonds is 7. The van der Waals surface area contributed by atoms with Gasteiger partial charge >= 0.3 is 0 Å². The molecule has 2 N–H and O–H groups in total. The van der Waals surface area contributed by atoms with Crippen molar-refractivity contribution in [3.63, 3.8) is 0 Å². The number of anilines is 1. The summed E-state index contributed by atoms with van der Waals surface area (Å²) in [5, 5.41) is 6.04. The molecule has 1 aromatic rings. The van der Waals surface area contributed by atoms with Gasteiger partial charge in [-0.1, -0.05) is 38.0 Å². The predicted octanol–water partition coefficient (Wildman–Crippen LogP) is 2.57. The van der Waals surface area contributed by atoms with E-state index in [1.807, 2.05) is 38.2 Å². The Morgan fingerprint density at radius 1 is 1.25 bits per heavy atom. The van der Waals surface area contributed by atoms with Gasteiger partial charge < -0.3 is 10.6 Å². The van der Waals surface area contributed by atoms with Crippen LogP contribution in [0.15, 0.2) is 24.3 Å². The minimum atomic E-state index is -0.322. The van der Waals surface area contributed by atoms with Crippen molar-refractivity contribution in [3.05, 3.63) is 29.8 Å². The molecule has 1 atom stereocenters. The standard InChI is InChI=1S/C19H29N3O2/c1-4-15-9-5-8-12-17(15)21-18(23)13-22(3)14(2)19(24)20-16-10-6-7-11-16/h5,8-9,12,14,16H,4,6-7,10-11,13H2,1-3H3,(H,20,24)(H,21,23). The van der Waals surface area contributed by atoms with Gasteiger partial charge in [-0.3, -0.25) is 14.5 Å². The fourth-order valence-corrected chi connectivity index (χ4v) is 3.10. The summed E-state index contributed by atoms with van der Waals surface area (Å²) in [6.07, 6.45) is 5.38. The smallest absolute Gasteiger partial charge is 0.238 e. The van der Waals surface area contributed by atoms with Crippen molar-refractivity contribution in [1.29, 1.82) is 0 Å². The number of aryl methyl sites for hydroxylation is 1. The molecular weight excluding hydrogens is 302 g/mol. The monoisotopic (exact) mass is 331 g/mol. The fraction of sp³-hybridized carbons (Fsp3) is 0.579. The molecule has 2 rings (SSSR count). The Bertz CT molecular complexity index is 567. The van der Waals surface area contributed by atoms with E-state index in [0.29, 0.717) is 6.04 Å². The number of para-hydroxylation sites is 1. The van der Waals surface area contributed by atoms with Crippen molar-refractivity contribution < 1.29 is 9.59 Å². The first kappa shape index (κ1) is 18.5. The molecular formula is C19H29N3O2. The molecule has 5 heteroatoms. The van der Waals surface area contributed by atoms with Gasteiger partial charge in [0.25, 0.3) is 0 Å². The van der Waals surface area contributed by atoms with E-state index in [1.54, 1.807) is 4.90 Å². The van der Waals surface area contributed by atoms with E-state index in [1.165, 1.54) is 12.8 Å². The molecule has 0 saturated heterocycles. The second kappa shape index (κ2) is 8.83. The second-order valence-corrected chi connectivity index (χ2v) is 6.64. The topological polar surface area (TPSA) is 61.4 Å². The Hall–Kier alpha value is -1.88. The minimum absolute atomic E-state index is 0.00570. The number of hydrogen-bond donors (Lipinski definition) is 2. The van der Waals surface area contributed by atoms with Crippen LogP contribution >= 0.6 is 0 Å². The van der Waals surface area contributed by atoms with Crippen molar-refractivity contribution in [2.24, 2.45) is 0 Å². The number of likely N-dealkylation sites (N-methyl/N-ethyl adjacent to an activating group) is 1. The van der Waals surface area contributed by atoms with Gasteiger partial charge in [-0.15, -0.1) is 0 Å². The van der Waals surface area contributed by atoms with Crippen molar-refractivity contribution in [3.8, 4) is 0 Å². The third kappa shape index (κ3) is 5.06. The molecule has 132 valence electrons. The van der Waals surface area contributed by atoms with E-state index in [0.717, 1.165) is 30.5 Å². The molecule has 0 aliphatic heterocycles. The molecule has 1 fully saturated rings. The average molecular weight is 331 g/mol. The van der Waals surface area contributed by atoms with Crippen molar-refractivity contribution in [2.75, 3.05) is 18.9 Å². The molecule has 0 heterocycles. The lowest BCUT2D eigenvalue weighted by atomic mass is 10.1. The Labute approximate surface area is 144 Å². The van der Waals surface area contributed by atoms with Crippen LogP contribution in [0.1, 0.15) is 45.1 Å². The zero-order valence-electron chi connectivity index (χ0n) is 15.0. The SMILES string of the molecule is CCc1ccccc1NC(=O)CN(C)C(C)C(=O)NC1CCCC1. The highest BCUT2D eigenvalue weighted by Crippen LogP contribution is 2.18. The summed E-state index contributed by atoms with van der Waals surface area (Å²) in [6.45, 7) is 4.10. The quantitative estimate of drug-likeness (QED) is 0.807. The molecule has 2 amide bonds. The van der Waals surface area contributed by atoms with Gasteiger partial charge in [-0.05, 0) is 44.9 Å². The lowest BCUT2D eigenvalue weighted by Gasteiger charge is -2.25. The van der Waals surface area contributed by atoms with Crippen LogP contribution in [0.3, 0.4) is 0 Å². The normalized spacial score (nSPS) is 16.2. The maximum absolute atomic E-state index is 12.3. The van der Waals surface area contributed by atoms with E-state index < -0.39 is 0 Å². The summed E-state index contributed by atoms with van der Waals surface area (Å²) < 4.78 is 0. The number of carbonyl (C=O) groups excluding carboxylic acids is 2. The van der Waals surface area contributed by atoms with E-state index >= 15 is 0 Å². The predicted molar refractivity (Wildman–Crippen MR) is 96.9 cm³/mol. The maximum atomic E-state index is 12.3. The lowest BCUT2D eigenvalue weighted by molar-refractivity contribution is -0.127. The maximum Gasteiger partial charge on any atom is 0.238 e. The first-order chi connectivity index (χ1) is 11.5. The number of carbonyl (C=O) groups is 2. The van der Waals surface area contributed by atoms with E-state index in [4.69, 9.17) is 0 Å². The van der Waals surface area contributed by atoms with Gasteiger partial charge in [-0.25, -0.2) is 0 Å². The highest BCUT2D eigenvalue weighted by atomic mass is 16.2. The van der Waals surface area contributed by atoms with Crippen LogP contribution in [0.4, 0.5) is 5.69 Å². The minimum Gasteiger partial charge on any atom is -0.352 e. The zero-order chi connectivity index (χ0) is 17.5. The van der Waals surface area contributed by atoms with Crippen LogP contribution in [0, 0.1) is 0 Å². The summed E-state index contributed by atoms with van der Waals surface area (Å²) in [7, 11) is 1.81.